The number of amides is 1. The van der Waals surface area contributed by atoms with Crippen LogP contribution in [0, 0.1) is 0 Å². The van der Waals surface area contributed by atoms with Crippen molar-refractivity contribution in [1.29, 1.82) is 0 Å². The third kappa shape index (κ3) is 4.04. The summed E-state index contributed by atoms with van der Waals surface area (Å²) in [6.07, 6.45) is 4.47. The van der Waals surface area contributed by atoms with Crippen molar-refractivity contribution in [2.75, 3.05) is 6.54 Å². The molecule has 0 fully saturated rings. The molecule has 0 radical (unpaired) electrons. The Balaban J connectivity index is 1.25. The summed E-state index contributed by atoms with van der Waals surface area (Å²) in [5.41, 5.74) is 3.21. The third-order valence-corrected chi connectivity index (χ3v) is 7.66. The third-order valence-electron chi connectivity index (χ3n) is 5.91. The molecule has 0 atom stereocenters. The number of nitrogens with zero attached hydrogens (tertiary/aromatic N) is 3. The minimum absolute atomic E-state index is 0.0281. The van der Waals surface area contributed by atoms with Crippen molar-refractivity contribution in [3.8, 4) is 11.3 Å². The van der Waals surface area contributed by atoms with Gasteiger partial charge in [-0.2, -0.15) is 0 Å². The number of rotatable bonds is 7. The van der Waals surface area contributed by atoms with Crippen LogP contribution in [0.15, 0.2) is 94.4 Å². The fourth-order valence-electron chi connectivity index (χ4n) is 4.15. The van der Waals surface area contributed by atoms with Crippen molar-refractivity contribution in [2.45, 2.75) is 13.0 Å². The summed E-state index contributed by atoms with van der Waals surface area (Å²) in [7, 11) is 0. The fourth-order valence-corrected chi connectivity index (χ4v) is 5.74. The maximum Gasteiger partial charge on any atom is 0.264 e. The van der Waals surface area contributed by atoms with Gasteiger partial charge in [-0.15, -0.1) is 22.7 Å². The first kappa shape index (κ1) is 20.9. The average molecular weight is 484 g/mol. The summed E-state index contributed by atoms with van der Waals surface area (Å²) in [5, 5.41) is 6.49. The molecule has 0 aliphatic heterocycles. The van der Waals surface area contributed by atoms with E-state index in [2.05, 4.69) is 58.4 Å². The summed E-state index contributed by atoms with van der Waals surface area (Å²) in [4.78, 5) is 21.5. The monoisotopic (exact) mass is 483 g/mol. The van der Waals surface area contributed by atoms with Gasteiger partial charge >= 0.3 is 0 Å². The number of benzene rings is 2. The van der Waals surface area contributed by atoms with Crippen molar-refractivity contribution < 1.29 is 9.21 Å². The van der Waals surface area contributed by atoms with Gasteiger partial charge in [-0.3, -0.25) is 9.20 Å². The molecule has 0 aliphatic carbocycles. The van der Waals surface area contributed by atoms with Gasteiger partial charge in [-0.25, -0.2) is 4.98 Å². The van der Waals surface area contributed by atoms with Gasteiger partial charge in [-0.1, -0.05) is 42.5 Å². The van der Waals surface area contributed by atoms with Crippen molar-refractivity contribution in [1.82, 2.24) is 14.3 Å². The Morgan fingerprint density at radius 3 is 2.74 bits per heavy atom. The maximum absolute atomic E-state index is 13.1. The number of hydrogen-bond acceptors (Lipinski definition) is 5. The second kappa shape index (κ2) is 8.93. The van der Waals surface area contributed by atoms with Crippen molar-refractivity contribution in [3.05, 3.63) is 106 Å². The lowest BCUT2D eigenvalue weighted by Crippen LogP contribution is -2.32. The first-order chi connectivity index (χ1) is 16.7. The highest BCUT2D eigenvalue weighted by molar-refractivity contribution is 7.15. The molecule has 0 saturated heterocycles. The van der Waals surface area contributed by atoms with Crippen LogP contribution >= 0.6 is 22.7 Å². The number of fused-ring (bicyclic) bond motifs is 2. The highest BCUT2D eigenvalue weighted by Crippen LogP contribution is 2.27. The van der Waals surface area contributed by atoms with E-state index in [9.17, 15) is 4.79 Å². The van der Waals surface area contributed by atoms with Crippen LogP contribution in [-0.2, 0) is 13.0 Å². The number of hydrogen-bond donors (Lipinski definition) is 0. The van der Waals surface area contributed by atoms with Crippen LogP contribution in [0.2, 0.25) is 0 Å². The molecule has 0 spiro atoms. The zero-order valence-corrected chi connectivity index (χ0v) is 19.9. The van der Waals surface area contributed by atoms with Crippen LogP contribution in [0.25, 0.3) is 27.0 Å². The van der Waals surface area contributed by atoms with E-state index in [1.807, 2.05) is 34.5 Å². The molecule has 4 aromatic heterocycles. The number of aromatic nitrogens is 2. The number of carbonyl (C=O) groups excluding carboxylic acids is 1. The molecule has 0 N–H and O–H groups in total. The lowest BCUT2D eigenvalue weighted by atomic mass is 10.1. The summed E-state index contributed by atoms with van der Waals surface area (Å²) in [6, 6.07) is 22.3. The topological polar surface area (TPSA) is 50.8 Å². The number of carbonyl (C=O) groups is 1. The Labute approximate surface area is 204 Å². The quantitative estimate of drug-likeness (QED) is 0.252. The molecule has 2 aromatic carbocycles. The van der Waals surface area contributed by atoms with Crippen molar-refractivity contribution in [2.24, 2.45) is 0 Å². The fraction of sp³-hybridized carbons (Fsp3) is 0.111. The van der Waals surface area contributed by atoms with Crippen molar-refractivity contribution in [3.63, 3.8) is 0 Å². The minimum Gasteiger partial charge on any atom is -0.467 e. The molecule has 6 rings (SSSR count). The SMILES string of the molecule is O=C(c1cccs1)N(CCc1csc2nc(-c3ccc4ccccc4c3)cn12)Cc1ccco1. The Morgan fingerprint density at radius 1 is 1.00 bits per heavy atom. The van der Waals surface area contributed by atoms with E-state index in [0.717, 1.165) is 39.0 Å². The smallest absolute Gasteiger partial charge is 0.264 e. The summed E-state index contributed by atoms with van der Waals surface area (Å²) in [5.74, 6) is 0.807. The van der Waals surface area contributed by atoms with Crippen molar-refractivity contribution >= 4 is 44.3 Å². The van der Waals surface area contributed by atoms with Gasteiger partial charge in [0.1, 0.15) is 5.76 Å². The molecule has 7 heteroatoms. The average Bonchev–Trinajstić information content (AvgIpc) is 3.66. The maximum atomic E-state index is 13.1. The molecule has 0 unspecified atom stereocenters. The van der Waals surface area contributed by atoms with E-state index >= 15 is 0 Å². The lowest BCUT2D eigenvalue weighted by molar-refractivity contribution is 0.0738. The normalized spacial score (nSPS) is 11.4. The zero-order chi connectivity index (χ0) is 22.9. The molecular weight excluding hydrogens is 462 g/mol. The predicted octanol–water partition coefficient (Wildman–Crippen LogP) is 6.76. The van der Waals surface area contributed by atoms with Crippen LogP contribution in [0.4, 0.5) is 0 Å². The van der Waals surface area contributed by atoms with Gasteiger partial charge in [0.25, 0.3) is 5.91 Å². The van der Waals surface area contributed by atoms with Crippen LogP contribution in [0.3, 0.4) is 0 Å². The van der Waals surface area contributed by atoms with Crippen LogP contribution in [0.5, 0.6) is 0 Å². The Bertz CT molecular complexity index is 1560. The molecule has 6 aromatic rings. The summed E-state index contributed by atoms with van der Waals surface area (Å²) >= 11 is 3.09. The second-order valence-electron chi connectivity index (χ2n) is 8.10. The van der Waals surface area contributed by atoms with E-state index in [0.29, 0.717) is 13.1 Å². The van der Waals surface area contributed by atoms with E-state index in [1.54, 1.807) is 17.6 Å². The van der Waals surface area contributed by atoms with Gasteiger partial charge in [0, 0.05) is 35.8 Å². The number of imidazole rings is 1. The van der Waals surface area contributed by atoms with E-state index < -0.39 is 0 Å². The molecular formula is C27H21N3O2S2. The molecule has 34 heavy (non-hydrogen) atoms. The highest BCUT2D eigenvalue weighted by Gasteiger charge is 2.19. The van der Waals surface area contributed by atoms with Gasteiger partial charge in [-0.05, 0) is 40.4 Å². The van der Waals surface area contributed by atoms with Gasteiger partial charge in [0.05, 0.1) is 23.4 Å². The molecule has 0 bridgehead atoms. The van der Waals surface area contributed by atoms with E-state index in [1.165, 1.54) is 22.1 Å². The van der Waals surface area contributed by atoms with Crippen LogP contribution < -0.4 is 0 Å². The molecule has 0 aliphatic rings. The minimum atomic E-state index is 0.0281. The lowest BCUT2D eigenvalue weighted by Gasteiger charge is -2.21. The Kier molecular flexibility index (Phi) is 5.49. The zero-order valence-electron chi connectivity index (χ0n) is 18.3. The standard InChI is InChI=1S/C27H21N3O2S2/c31-26(25-8-4-14-33-25)29(16-23-7-3-13-32-23)12-11-22-18-34-27-28-24(17-30(22)27)21-10-9-19-5-1-2-6-20(19)15-21/h1-10,13-15,17-18H,11-12,16H2. The molecule has 0 saturated carbocycles. The Morgan fingerprint density at radius 2 is 1.91 bits per heavy atom. The first-order valence-corrected chi connectivity index (χ1v) is 12.8. The van der Waals surface area contributed by atoms with Crippen LogP contribution in [0.1, 0.15) is 21.1 Å². The molecule has 1 amide bonds. The largest absolute Gasteiger partial charge is 0.467 e. The summed E-state index contributed by atoms with van der Waals surface area (Å²) < 4.78 is 7.67. The van der Waals surface area contributed by atoms with E-state index in [4.69, 9.17) is 9.40 Å². The summed E-state index contributed by atoms with van der Waals surface area (Å²) in [6.45, 7) is 1.04. The first-order valence-electron chi connectivity index (χ1n) is 11.0. The molecule has 5 nitrogen and oxygen atoms in total. The number of thiophene rings is 1. The van der Waals surface area contributed by atoms with E-state index in [-0.39, 0.29) is 5.91 Å². The second-order valence-corrected chi connectivity index (χ2v) is 9.89. The Hall–Kier alpha value is -3.68. The van der Waals surface area contributed by atoms with Gasteiger partial charge < -0.3 is 9.32 Å². The van der Waals surface area contributed by atoms with Crippen LogP contribution in [-0.4, -0.2) is 26.7 Å². The molecule has 4 heterocycles. The molecule has 168 valence electrons. The number of furan rings is 1. The number of thiazole rings is 1. The van der Waals surface area contributed by atoms with Gasteiger partial charge in [0.15, 0.2) is 4.96 Å². The predicted molar refractivity (Wildman–Crippen MR) is 137 cm³/mol. The highest BCUT2D eigenvalue weighted by atomic mass is 32.1. The van der Waals surface area contributed by atoms with Gasteiger partial charge in [0.2, 0.25) is 0 Å².